The maximum absolute atomic E-state index is 12.4. The molecule has 1 aliphatic rings. The number of rotatable bonds is 6. The summed E-state index contributed by atoms with van der Waals surface area (Å²) in [6, 6.07) is 11.5. The summed E-state index contributed by atoms with van der Waals surface area (Å²) in [7, 11) is 0. The molecule has 0 unspecified atom stereocenters. The fraction of sp³-hybridized carbons (Fsp3) is 0.348. The van der Waals surface area contributed by atoms with Gasteiger partial charge in [-0.05, 0) is 87.3 Å². The molecule has 0 radical (unpaired) electrons. The Labute approximate surface area is 192 Å². The standard InChI is InChI=1S/C23H25ClN2O4S/c1-2-29-20-13-10-16(14-19(20)24)21(27)26-23(31)25-17-11-8-15(9-12-17)22(28)30-18-6-4-3-5-7-18/h8-14,18H,2-7H2,1H3,(H2,25,26,27,31). The van der Waals surface area contributed by atoms with Crippen LogP contribution in [0.5, 0.6) is 5.75 Å². The number of amides is 1. The van der Waals surface area contributed by atoms with Crippen molar-refractivity contribution in [2.24, 2.45) is 0 Å². The Kier molecular flexibility index (Phi) is 8.26. The van der Waals surface area contributed by atoms with Crippen molar-refractivity contribution in [3.05, 3.63) is 58.6 Å². The summed E-state index contributed by atoms with van der Waals surface area (Å²) >= 11 is 11.3. The fourth-order valence-corrected chi connectivity index (χ4v) is 3.79. The predicted molar refractivity (Wildman–Crippen MR) is 125 cm³/mol. The van der Waals surface area contributed by atoms with Crippen LogP contribution in [-0.2, 0) is 4.74 Å². The molecule has 1 saturated carbocycles. The first-order valence-electron chi connectivity index (χ1n) is 10.3. The Morgan fingerprint density at radius 2 is 1.74 bits per heavy atom. The van der Waals surface area contributed by atoms with Crippen molar-refractivity contribution in [2.75, 3.05) is 11.9 Å². The number of anilines is 1. The van der Waals surface area contributed by atoms with Crippen molar-refractivity contribution in [1.29, 1.82) is 0 Å². The maximum atomic E-state index is 12.4. The van der Waals surface area contributed by atoms with Crippen molar-refractivity contribution in [3.8, 4) is 5.75 Å². The van der Waals surface area contributed by atoms with Gasteiger partial charge in [0, 0.05) is 11.3 Å². The summed E-state index contributed by atoms with van der Waals surface area (Å²) in [6.07, 6.45) is 5.28. The van der Waals surface area contributed by atoms with Gasteiger partial charge in [0.05, 0.1) is 17.2 Å². The Bertz CT molecular complexity index is 943. The van der Waals surface area contributed by atoms with E-state index in [1.54, 1.807) is 36.4 Å². The molecule has 0 spiro atoms. The van der Waals surface area contributed by atoms with Gasteiger partial charge in [0.1, 0.15) is 11.9 Å². The Balaban J connectivity index is 1.52. The molecule has 2 N–H and O–H groups in total. The zero-order valence-electron chi connectivity index (χ0n) is 17.3. The average Bonchev–Trinajstić information content (AvgIpc) is 2.76. The Morgan fingerprint density at radius 3 is 2.39 bits per heavy atom. The summed E-state index contributed by atoms with van der Waals surface area (Å²) in [5, 5.41) is 6.01. The first-order valence-corrected chi connectivity index (χ1v) is 11.1. The van der Waals surface area contributed by atoms with Crippen molar-refractivity contribution in [3.63, 3.8) is 0 Å². The Hall–Kier alpha value is -2.64. The highest BCUT2D eigenvalue weighted by Gasteiger charge is 2.18. The molecule has 1 aliphatic carbocycles. The number of carbonyl (C=O) groups excluding carboxylic acids is 2. The van der Waals surface area contributed by atoms with Crippen molar-refractivity contribution in [2.45, 2.75) is 45.1 Å². The molecule has 8 heteroatoms. The monoisotopic (exact) mass is 460 g/mol. The van der Waals surface area contributed by atoms with Crippen LogP contribution >= 0.6 is 23.8 Å². The zero-order chi connectivity index (χ0) is 22.2. The molecule has 1 amide bonds. The molecule has 31 heavy (non-hydrogen) atoms. The van der Waals surface area contributed by atoms with Crippen LogP contribution in [0.25, 0.3) is 0 Å². The molecule has 3 rings (SSSR count). The lowest BCUT2D eigenvalue weighted by molar-refractivity contribution is 0.0211. The molecular formula is C23H25ClN2O4S. The smallest absolute Gasteiger partial charge is 0.338 e. The van der Waals surface area contributed by atoms with E-state index in [1.807, 2.05) is 6.92 Å². The molecule has 6 nitrogen and oxygen atoms in total. The van der Waals surface area contributed by atoms with Crippen LogP contribution in [-0.4, -0.2) is 29.7 Å². The highest BCUT2D eigenvalue weighted by molar-refractivity contribution is 7.80. The minimum atomic E-state index is -0.393. The van der Waals surface area contributed by atoms with Gasteiger partial charge < -0.3 is 14.8 Å². The number of nitrogens with one attached hydrogen (secondary N) is 2. The molecule has 0 bridgehead atoms. The van der Waals surface area contributed by atoms with Crippen LogP contribution in [0.1, 0.15) is 59.7 Å². The van der Waals surface area contributed by atoms with E-state index in [-0.39, 0.29) is 17.2 Å². The number of halogens is 1. The topological polar surface area (TPSA) is 76.7 Å². The largest absolute Gasteiger partial charge is 0.492 e. The Morgan fingerprint density at radius 1 is 1.06 bits per heavy atom. The third-order valence-electron chi connectivity index (χ3n) is 4.93. The molecule has 0 atom stereocenters. The van der Waals surface area contributed by atoms with Gasteiger partial charge in [0.25, 0.3) is 5.91 Å². The number of benzene rings is 2. The molecule has 2 aromatic rings. The molecule has 1 fully saturated rings. The number of thiocarbonyl (C=S) groups is 1. The molecule has 0 saturated heterocycles. The third kappa shape index (κ3) is 6.67. The van der Waals surface area contributed by atoms with E-state index in [0.29, 0.717) is 34.2 Å². The van der Waals surface area contributed by atoms with E-state index in [0.717, 1.165) is 25.7 Å². The molecule has 2 aromatic carbocycles. The average molecular weight is 461 g/mol. The van der Waals surface area contributed by atoms with Crippen molar-refractivity contribution >= 4 is 46.5 Å². The quantitative estimate of drug-likeness (QED) is 0.446. The van der Waals surface area contributed by atoms with Crippen LogP contribution in [0.2, 0.25) is 5.02 Å². The summed E-state index contributed by atoms with van der Waals surface area (Å²) in [5.41, 5.74) is 1.48. The van der Waals surface area contributed by atoms with Gasteiger partial charge in [0.15, 0.2) is 5.11 Å². The van der Waals surface area contributed by atoms with E-state index >= 15 is 0 Å². The van der Waals surface area contributed by atoms with Crippen LogP contribution in [0, 0.1) is 0 Å². The van der Waals surface area contributed by atoms with E-state index in [4.69, 9.17) is 33.3 Å². The van der Waals surface area contributed by atoms with Gasteiger partial charge in [-0.3, -0.25) is 10.1 Å². The molecule has 0 heterocycles. The van der Waals surface area contributed by atoms with Crippen LogP contribution in [0.15, 0.2) is 42.5 Å². The van der Waals surface area contributed by atoms with Crippen LogP contribution < -0.4 is 15.4 Å². The highest BCUT2D eigenvalue weighted by Crippen LogP contribution is 2.25. The van der Waals surface area contributed by atoms with E-state index in [2.05, 4.69) is 10.6 Å². The molecule has 164 valence electrons. The van der Waals surface area contributed by atoms with E-state index in [1.165, 1.54) is 12.5 Å². The van der Waals surface area contributed by atoms with Crippen LogP contribution in [0.3, 0.4) is 0 Å². The predicted octanol–water partition coefficient (Wildman–Crippen LogP) is 5.36. The van der Waals surface area contributed by atoms with Gasteiger partial charge in [-0.25, -0.2) is 4.79 Å². The van der Waals surface area contributed by atoms with Gasteiger partial charge >= 0.3 is 5.97 Å². The normalized spacial score (nSPS) is 13.9. The summed E-state index contributed by atoms with van der Waals surface area (Å²) in [4.78, 5) is 24.7. The van der Waals surface area contributed by atoms with Crippen LogP contribution in [0.4, 0.5) is 5.69 Å². The van der Waals surface area contributed by atoms with Crippen molar-refractivity contribution < 1.29 is 19.1 Å². The van der Waals surface area contributed by atoms with Gasteiger partial charge in [-0.15, -0.1) is 0 Å². The number of hydrogen-bond acceptors (Lipinski definition) is 5. The van der Waals surface area contributed by atoms with Crippen molar-refractivity contribution in [1.82, 2.24) is 5.32 Å². The van der Waals surface area contributed by atoms with Gasteiger partial charge in [-0.1, -0.05) is 18.0 Å². The lowest BCUT2D eigenvalue weighted by atomic mass is 9.98. The fourth-order valence-electron chi connectivity index (χ4n) is 3.34. The minimum Gasteiger partial charge on any atom is -0.492 e. The van der Waals surface area contributed by atoms with E-state index in [9.17, 15) is 9.59 Å². The molecule has 0 aromatic heterocycles. The summed E-state index contributed by atoms with van der Waals surface area (Å²) in [6.45, 7) is 2.34. The number of esters is 1. The number of ether oxygens (including phenoxy) is 2. The van der Waals surface area contributed by atoms with E-state index < -0.39 is 5.91 Å². The SMILES string of the molecule is CCOc1ccc(C(=O)NC(=S)Nc2ccc(C(=O)OC3CCCCC3)cc2)cc1Cl. The number of carbonyl (C=O) groups is 2. The lowest BCUT2D eigenvalue weighted by Gasteiger charge is -2.21. The third-order valence-corrected chi connectivity index (χ3v) is 5.42. The summed E-state index contributed by atoms with van der Waals surface area (Å²) in [5.74, 6) is -0.194. The molecule has 0 aliphatic heterocycles. The highest BCUT2D eigenvalue weighted by atomic mass is 35.5. The van der Waals surface area contributed by atoms with Gasteiger partial charge in [0.2, 0.25) is 0 Å². The second-order valence-electron chi connectivity index (χ2n) is 7.23. The van der Waals surface area contributed by atoms with Gasteiger partial charge in [-0.2, -0.15) is 0 Å². The zero-order valence-corrected chi connectivity index (χ0v) is 18.9. The maximum Gasteiger partial charge on any atom is 0.338 e. The first-order chi connectivity index (χ1) is 15.0. The summed E-state index contributed by atoms with van der Waals surface area (Å²) < 4.78 is 10.9. The second kappa shape index (κ2) is 11.1. The minimum absolute atomic E-state index is 0.0120. The first kappa shape index (κ1) is 23.0. The molecular weight excluding hydrogens is 436 g/mol. The lowest BCUT2D eigenvalue weighted by Crippen LogP contribution is -2.34. The number of hydrogen-bond donors (Lipinski definition) is 2. The second-order valence-corrected chi connectivity index (χ2v) is 8.04.